The van der Waals surface area contributed by atoms with Crippen molar-refractivity contribution >= 4 is 11.6 Å². The largest absolute Gasteiger partial charge is 0.373 e. The number of rotatable bonds is 5. The van der Waals surface area contributed by atoms with E-state index in [9.17, 15) is 0 Å². The van der Waals surface area contributed by atoms with Crippen LogP contribution in [0, 0.1) is 5.41 Å². The van der Waals surface area contributed by atoms with Crippen LogP contribution in [0.15, 0.2) is 6.07 Å². The maximum atomic E-state index is 4.68. The molecule has 0 saturated carbocycles. The second-order valence-corrected chi connectivity index (χ2v) is 6.18. The molecule has 1 heterocycles. The SMILES string of the molecule is CCCc1nc(NC)cc(N(C)C(C)C(C)(C)C)n1. The van der Waals surface area contributed by atoms with Gasteiger partial charge in [-0.1, -0.05) is 27.7 Å². The maximum absolute atomic E-state index is 4.68. The summed E-state index contributed by atoms with van der Waals surface area (Å²) in [6.45, 7) is 11.1. The third-order valence-electron chi connectivity index (χ3n) is 3.68. The lowest BCUT2D eigenvalue weighted by molar-refractivity contribution is 0.328. The highest BCUT2D eigenvalue weighted by Gasteiger charge is 2.25. The predicted molar refractivity (Wildman–Crippen MR) is 82.9 cm³/mol. The first-order valence-corrected chi connectivity index (χ1v) is 7.08. The van der Waals surface area contributed by atoms with Gasteiger partial charge < -0.3 is 10.2 Å². The first-order valence-electron chi connectivity index (χ1n) is 7.08. The average Bonchev–Trinajstić information content (AvgIpc) is 2.35. The van der Waals surface area contributed by atoms with E-state index in [0.717, 1.165) is 30.3 Å². The highest BCUT2D eigenvalue weighted by atomic mass is 15.2. The quantitative estimate of drug-likeness (QED) is 0.885. The van der Waals surface area contributed by atoms with Crippen LogP contribution in [0.5, 0.6) is 0 Å². The smallest absolute Gasteiger partial charge is 0.134 e. The summed E-state index contributed by atoms with van der Waals surface area (Å²) in [6.07, 6.45) is 1.98. The molecule has 0 aliphatic rings. The van der Waals surface area contributed by atoms with Gasteiger partial charge >= 0.3 is 0 Å². The molecule has 4 heteroatoms. The van der Waals surface area contributed by atoms with Crippen LogP contribution in [-0.2, 0) is 6.42 Å². The average molecular weight is 264 g/mol. The van der Waals surface area contributed by atoms with Gasteiger partial charge in [0.05, 0.1) is 0 Å². The summed E-state index contributed by atoms with van der Waals surface area (Å²) in [5, 5.41) is 3.12. The van der Waals surface area contributed by atoms with E-state index in [1.54, 1.807) is 0 Å². The number of hydrogen-bond acceptors (Lipinski definition) is 4. The van der Waals surface area contributed by atoms with E-state index in [1.807, 2.05) is 13.1 Å². The molecular weight excluding hydrogens is 236 g/mol. The van der Waals surface area contributed by atoms with Gasteiger partial charge in [0.25, 0.3) is 0 Å². The van der Waals surface area contributed by atoms with Crippen LogP contribution in [0.3, 0.4) is 0 Å². The van der Waals surface area contributed by atoms with Gasteiger partial charge in [-0.05, 0) is 18.8 Å². The lowest BCUT2D eigenvalue weighted by Gasteiger charge is -2.36. The molecule has 0 spiro atoms. The molecule has 1 aromatic rings. The van der Waals surface area contributed by atoms with Crippen molar-refractivity contribution < 1.29 is 0 Å². The van der Waals surface area contributed by atoms with Crippen LogP contribution in [-0.4, -0.2) is 30.1 Å². The van der Waals surface area contributed by atoms with Crippen LogP contribution in [0.4, 0.5) is 11.6 Å². The Hall–Kier alpha value is -1.32. The zero-order valence-electron chi connectivity index (χ0n) is 13.4. The number of nitrogens with zero attached hydrogens (tertiary/aromatic N) is 3. The first kappa shape index (κ1) is 15.7. The highest BCUT2D eigenvalue weighted by molar-refractivity contribution is 5.49. The van der Waals surface area contributed by atoms with Crippen molar-refractivity contribution in [2.45, 2.75) is 53.5 Å². The standard InChI is InChI=1S/C15H28N4/c1-8-9-12-17-13(16-6)10-14(18-12)19(7)11(2)15(3,4)5/h10-11H,8-9H2,1-7H3,(H,16,17,18). The van der Waals surface area contributed by atoms with E-state index in [2.05, 4.69) is 61.9 Å². The van der Waals surface area contributed by atoms with E-state index in [4.69, 9.17) is 0 Å². The van der Waals surface area contributed by atoms with Gasteiger partial charge in [0.1, 0.15) is 17.5 Å². The molecule has 1 aromatic heterocycles. The van der Waals surface area contributed by atoms with Crippen molar-refractivity contribution in [2.75, 3.05) is 24.3 Å². The van der Waals surface area contributed by atoms with Crippen molar-refractivity contribution in [3.8, 4) is 0 Å². The van der Waals surface area contributed by atoms with Crippen molar-refractivity contribution in [1.29, 1.82) is 0 Å². The Balaban J connectivity index is 3.07. The van der Waals surface area contributed by atoms with Gasteiger partial charge in [0, 0.05) is 32.6 Å². The Kier molecular flexibility index (Phi) is 5.15. The predicted octanol–water partition coefficient (Wildman–Crippen LogP) is 3.34. The Morgan fingerprint density at radius 2 is 1.95 bits per heavy atom. The van der Waals surface area contributed by atoms with E-state index in [-0.39, 0.29) is 5.41 Å². The molecule has 1 unspecified atom stereocenters. The second kappa shape index (κ2) is 6.22. The minimum absolute atomic E-state index is 0.213. The summed E-state index contributed by atoms with van der Waals surface area (Å²) in [4.78, 5) is 11.4. The molecule has 0 aliphatic carbocycles. The molecule has 0 bridgehead atoms. The number of anilines is 2. The number of nitrogens with one attached hydrogen (secondary N) is 1. The Morgan fingerprint density at radius 1 is 1.32 bits per heavy atom. The second-order valence-electron chi connectivity index (χ2n) is 6.18. The summed E-state index contributed by atoms with van der Waals surface area (Å²) >= 11 is 0. The van der Waals surface area contributed by atoms with Crippen molar-refractivity contribution in [1.82, 2.24) is 9.97 Å². The highest BCUT2D eigenvalue weighted by Crippen LogP contribution is 2.27. The molecule has 0 amide bonds. The molecule has 0 aliphatic heterocycles. The maximum Gasteiger partial charge on any atom is 0.134 e. The topological polar surface area (TPSA) is 41.1 Å². The molecule has 0 saturated heterocycles. The normalized spacial score (nSPS) is 13.2. The van der Waals surface area contributed by atoms with Gasteiger partial charge in [0.15, 0.2) is 0 Å². The fourth-order valence-corrected chi connectivity index (χ4v) is 1.91. The van der Waals surface area contributed by atoms with Crippen LogP contribution in [0.2, 0.25) is 0 Å². The van der Waals surface area contributed by atoms with Gasteiger partial charge in [-0.15, -0.1) is 0 Å². The molecule has 19 heavy (non-hydrogen) atoms. The third kappa shape index (κ3) is 4.08. The zero-order valence-corrected chi connectivity index (χ0v) is 13.4. The fraction of sp³-hybridized carbons (Fsp3) is 0.733. The summed E-state index contributed by atoms with van der Waals surface area (Å²) in [6, 6.07) is 2.42. The van der Waals surface area contributed by atoms with Gasteiger partial charge in [-0.2, -0.15) is 0 Å². The molecule has 1 rings (SSSR count). The lowest BCUT2D eigenvalue weighted by atomic mass is 9.87. The molecule has 4 nitrogen and oxygen atoms in total. The van der Waals surface area contributed by atoms with E-state index >= 15 is 0 Å². The zero-order chi connectivity index (χ0) is 14.6. The van der Waals surface area contributed by atoms with Gasteiger partial charge in [-0.3, -0.25) is 0 Å². The van der Waals surface area contributed by atoms with Gasteiger partial charge in [-0.25, -0.2) is 9.97 Å². The van der Waals surface area contributed by atoms with Crippen molar-refractivity contribution in [3.05, 3.63) is 11.9 Å². The molecule has 0 radical (unpaired) electrons. The molecule has 1 N–H and O–H groups in total. The number of aromatic nitrogens is 2. The van der Waals surface area contributed by atoms with Crippen LogP contribution in [0.1, 0.15) is 46.9 Å². The number of aryl methyl sites for hydroxylation is 1. The Labute approximate surface area is 117 Å². The van der Waals surface area contributed by atoms with Crippen LogP contribution in [0.25, 0.3) is 0 Å². The van der Waals surface area contributed by atoms with Crippen molar-refractivity contribution in [2.24, 2.45) is 5.41 Å². The minimum atomic E-state index is 0.213. The summed E-state index contributed by atoms with van der Waals surface area (Å²) < 4.78 is 0. The molecule has 108 valence electrons. The van der Waals surface area contributed by atoms with E-state index < -0.39 is 0 Å². The molecular formula is C15H28N4. The molecule has 0 aromatic carbocycles. The summed E-state index contributed by atoms with van der Waals surface area (Å²) in [5.41, 5.74) is 0.213. The minimum Gasteiger partial charge on any atom is -0.373 e. The molecule has 1 atom stereocenters. The lowest BCUT2D eigenvalue weighted by Crippen LogP contribution is -2.40. The van der Waals surface area contributed by atoms with E-state index in [0.29, 0.717) is 6.04 Å². The Morgan fingerprint density at radius 3 is 2.42 bits per heavy atom. The van der Waals surface area contributed by atoms with Crippen LogP contribution < -0.4 is 10.2 Å². The van der Waals surface area contributed by atoms with Crippen LogP contribution >= 0.6 is 0 Å². The van der Waals surface area contributed by atoms with Gasteiger partial charge in [0.2, 0.25) is 0 Å². The monoisotopic (exact) mass is 264 g/mol. The third-order valence-corrected chi connectivity index (χ3v) is 3.68. The summed E-state index contributed by atoms with van der Waals surface area (Å²) in [5.74, 6) is 2.80. The molecule has 0 fully saturated rings. The van der Waals surface area contributed by atoms with Crippen molar-refractivity contribution in [3.63, 3.8) is 0 Å². The fourth-order valence-electron chi connectivity index (χ4n) is 1.91. The Bertz CT molecular complexity index is 409. The van der Waals surface area contributed by atoms with E-state index in [1.165, 1.54) is 0 Å². The summed E-state index contributed by atoms with van der Waals surface area (Å²) in [7, 11) is 4.00. The first-order chi connectivity index (χ1) is 8.79. The number of hydrogen-bond donors (Lipinski definition) is 1.